The Hall–Kier alpha value is -2.32. The predicted molar refractivity (Wildman–Crippen MR) is 57.1 cm³/mol. The highest BCUT2D eigenvalue weighted by Gasteiger charge is 2.27. The maximum absolute atomic E-state index is 11.4. The number of carbonyl (C=O) groups is 4. The molecule has 0 radical (unpaired) electrons. The molecule has 0 spiro atoms. The number of nitrogens with zero attached hydrogens (tertiary/aromatic N) is 1. The van der Waals surface area contributed by atoms with Gasteiger partial charge in [-0.1, -0.05) is 0 Å². The molecular weight excluding hydrogens is 248 g/mol. The lowest BCUT2D eigenvalue weighted by Gasteiger charge is -2.24. The third-order valence-corrected chi connectivity index (χ3v) is 2.10. The highest BCUT2D eigenvalue weighted by atomic mass is 16.4. The first kappa shape index (κ1) is 15.7. The van der Waals surface area contributed by atoms with E-state index < -0.39 is 42.9 Å². The van der Waals surface area contributed by atoms with Crippen LogP contribution in [0.1, 0.15) is 12.8 Å². The molecule has 1 atom stereocenters. The van der Waals surface area contributed by atoms with E-state index in [1.165, 1.54) is 0 Å². The number of carboxylic acid groups (broad SMARTS) is 3. The van der Waals surface area contributed by atoms with Crippen molar-refractivity contribution >= 4 is 23.9 Å². The molecule has 9 heteroatoms. The van der Waals surface area contributed by atoms with Crippen molar-refractivity contribution in [1.82, 2.24) is 10.2 Å². The van der Waals surface area contributed by atoms with Gasteiger partial charge in [0.1, 0.15) is 12.6 Å². The molecule has 0 rings (SSSR count). The summed E-state index contributed by atoms with van der Waals surface area (Å²) in [5.74, 6) is -3.81. The van der Waals surface area contributed by atoms with Crippen LogP contribution in [-0.2, 0) is 14.4 Å². The van der Waals surface area contributed by atoms with Crippen LogP contribution >= 0.6 is 0 Å². The molecule has 0 fully saturated rings. The van der Waals surface area contributed by atoms with Crippen molar-refractivity contribution in [3.05, 3.63) is 0 Å². The molecular formula is C9H14N2O7. The van der Waals surface area contributed by atoms with E-state index in [-0.39, 0.29) is 6.42 Å². The van der Waals surface area contributed by atoms with E-state index in [0.717, 1.165) is 11.9 Å². The van der Waals surface area contributed by atoms with Gasteiger partial charge in [0.15, 0.2) is 0 Å². The molecule has 4 N–H and O–H groups in total. The van der Waals surface area contributed by atoms with Gasteiger partial charge >= 0.3 is 23.9 Å². The van der Waals surface area contributed by atoms with Crippen molar-refractivity contribution < 1.29 is 34.5 Å². The van der Waals surface area contributed by atoms with E-state index in [1.54, 1.807) is 0 Å². The van der Waals surface area contributed by atoms with Crippen LogP contribution in [-0.4, -0.2) is 63.8 Å². The van der Waals surface area contributed by atoms with Crippen LogP contribution in [0, 0.1) is 0 Å². The van der Waals surface area contributed by atoms with Gasteiger partial charge in [0, 0.05) is 13.5 Å². The number of nitrogens with one attached hydrogen (secondary N) is 1. The molecule has 18 heavy (non-hydrogen) atoms. The summed E-state index contributed by atoms with van der Waals surface area (Å²) in [5.41, 5.74) is 0. The maximum Gasteiger partial charge on any atom is 0.326 e. The zero-order valence-electron chi connectivity index (χ0n) is 9.62. The molecule has 102 valence electrons. The minimum atomic E-state index is -1.36. The summed E-state index contributed by atoms with van der Waals surface area (Å²) < 4.78 is 0. The Labute approximate surface area is 102 Å². The van der Waals surface area contributed by atoms with Crippen LogP contribution in [0.3, 0.4) is 0 Å². The van der Waals surface area contributed by atoms with Crippen LogP contribution in [0.2, 0.25) is 0 Å². The molecule has 0 aliphatic carbocycles. The van der Waals surface area contributed by atoms with Crippen LogP contribution in [0.5, 0.6) is 0 Å². The standard InChI is InChI=1S/C9H14N2O7/c1-11(9(18)10-4-7(14)15)5(8(16)17)2-3-6(12)13/h5H,2-4H2,1H3,(H,10,18)(H,12,13)(H,14,15)(H,16,17)/t5-/m0/s1. The van der Waals surface area contributed by atoms with E-state index in [0.29, 0.717) is 0 Å². The number of hydrogen-bond acceptors (Lipinski definition) is 4. The molecule has 0 aromatic heterocycles. The van der Waals surface area contributed by atoms with Crippen molar-refractivity contribution in [2.75, 3.05) is 13.6 Å². The summed E-state index contributed by atoms with van der Waals surface area (Å²) in [6.07, 6.45) is -0.671. The second kappa shape index (κ2) is 7.09. The van der Waals surface area contributed by atoms with E-state index in [2.05, 4.69) is 0 Å². The summed E-state index contributed by atoms with van der Waals surface area (Å²) in [7, 11) is 1.15. The van der Waals surface area contributed by atoms with Crippen LogP contribution in [0.25, 0.3) is 0 Å². The van der Waals surface area contributed by atoms with E-state index in [4.69, 9.17) is 15.3 Å². The predicted octanol–water partition coefficient (Wildman–Crippen LogP) is -0.970. The topological polar surface area (TPSA) is 144 Å². The van der Waals surface area contributed by atoms with Gasteiger partial charge in [0.2, 0.25) is 0 Å². The lowest BCUT2D eigenvalue weighted by atomic mass is 10.1. The zero-order valence-corrected chi connectivity index (χ0v) is 9.62. The Kier molecular flexibility index (Phi) is 6.18. The number of urea groups is 1. The fourth-order valence-electron chi connectivity index (χ4n) is 1.16. The van der Waals surface area contributed by atoms with Gasteiger partial charge in [0.05, 0.1) is 0 Å². The summed E-state index contributed by atoms with van der Waals surface area (Å²) in [6.45, 7) is -0.644. The van der Waals surface area contributed by atoms with Gasteiger partial charge in [-0.25, -0.2) is 9.59 Å². The Balaban J connectivity index is 4.50. The normalized spacial score (nSPS) is 11.4. The summed E-state index contributed by atoms with van der Waals surface area (Å²) in [4.78, 5) is 43.6. The molecule has 0 heterocycles. The quantitative estimate of drug-likeness (QED) is 0.462. The Bertz CT molecular complexity index is 355. The first-order valence-electron chi connectivity index (χ1n) is 4.92. The SMILES string of the molecule is CN(C(=O)NCC(=O)O)[C@@H](CCC(=O)O)C(=O)O. The molecule has 0 aliphatic heterocycles. The first-order chi connectivity index (χ1) is 8.25. The molecule has 0 saturated heterocycles. The monoisotopic (exact) mass is 262 g/mol. The molecule has 0 bridgehead atoms. The number of carbonyl (C=O) groups excluding carboxylic acids is 1. The second-order valence-corrected chi connectivity index (χ2v) is 3.45. The fourth-order valence-corrected chi connectivity index (χ4v) is 1.16. The van der Waals surface area contributed by atoms with Gasteiger partial charge in [-0.3, -0.25) is 9.59 Å². The summed E-state index contributed by atoms with van der Waals surface area (Å²) >= 11 is 0. The number of rotatable bonds is 7. The van der Waals surface area contributed by atoms with Crippen LogP contribution in [0.4, 0.5) is 4.79 Å². The minimum Gasteiger partial charge on any atom is -0.481 e. The molecule has 9 nitrogen and oxygen atoms in total. The summed E-state index contributed by atoms with van der Waals surface area (Å²) in [6, 6.07) is -2.22. The van der Waals surface area contributed by atoms with Crippen LogP contribution < -0.4 is 5.32 Å². The number of aliphatic carboxylic acids is 3. The van der Waals surface area contributed by atoms with E-state index in [9.17, 15) is 19.2 Å². The fraction of sp³-hybridized carbons (Fsp3) is 0.556. The third-order valence-electron chi connectivity index (χ3n) is 2.10. The number of hydrogen-bond donors (Lipinski definition) is 4. The molecule has 0 aromatic rings. The highest BCUT2D eigenvalue weighted by molar-refractivity contribution is 5.84. The van der Waals surface area contributed by atoms with Crippen molar-refractivity contribution in [3.8, 4) is 0 Å². The highest BCUT2D eigenvalue weighted by Crippen LogP contribution is 2.06. The van der Waals surface area contributed by atoms with Gasteiger partial charge in [-0.2, -0.15) is 0 Å². The van der Waals surface area contributed by atoms with Crippen molar-refractivity contribution in [3.63, 3.8) is 0 Å². The van der Waals surface area contributed by atoms with Gasteiger partial charge in [0.25, 0.3) is 0 Å². The molecule has 0 unspecified atom stereocenters. The smallest absolute Gasteiger partial charge is 0.326 e. The lowest BCUT2D eigenvalue weighted by Crippen LogP contribution is -2.48. The molecule has 2 amide bonds. The molecule has 0 aromatic carbocycles. The minimum absolute atomic E-state index is 0.262. The molecule has 0 saturated carbocycles. The number of amides is 2. The van der Waals surface area contributed by atoms with E-state index >= 15 is 0 Å². The Morgan fingerprint density at radius 1 is 1.11 bits per heavy atom. The lowest BCUT2D eigenvalue weighted by molar-refractivity contribution is -0.143. The first-order valence-corrected chi connectivity index (χ1v) is 4.92. The van der Waals surface area contributed by atoms with E-state index in [1.807, 2.05) is 5.32 Å². The number of carboxylic acids is 3. The van der Waals surface area contributed by atoms with Crippen molar-refractivity contribution in [2.45, 2.75) is 18.9 Å². The summed E-state index contributed by atoms with van der Waals surface area (Å²) in [5, 5.41) is 27.6. The third kappa shape index (κ3) is 5.68. The Morgan fingerprint density at radius 3 is 2.06 bits per heavy atom. The molecule has 0 aliphatic rings. The van der Waals surface area contributed by atoms with Crippen molar-refractivity contribution in [2.24, 2.45) is 0 Å². The number of likely N-dealkylation sites (N-methyl/N-ethyl adjacent to an activating group) is 1. The van der Waals surface area contributed by atoms with Gasteiger partial charge in [-0.05, 0) is 6.42 Å². The van der Waals surface area contributed by atoms with Crippen molar-refractivity contribution in [1.29, 1.82) is 0 Å². The van der Waals surface area contributed by atoms with Crippen LogP contribution in [0.15, 0.2) is 0 Å². The average molecular weight is 262 g/mol. The second-order valence-electron chi connectivity index (χ2n) is 3.45. The van der Waals surface area contributed by atoms with Gasteiger partial charge < -0.3 is 25.5 Å². The maximum atomic E-state index is 11.4. The largest absolute Gasteiger partial charge is 0.481 e. The average Bonchev–Trinajstić information content (AvgIpc) is 2.24. The van der Waals surface area contributed by atoms with Gasteiger partial charge in [-0.15, -0.1) is 0 Å². The Morgan fingerprint density at radius 2 is 1.67 bits per heavy atom. The zero-order chi connectivity index (χ0) is 14.3.